The first-order valence-corrected chi connectivity index (χ1v) is 5.12. The highest BCUT2D eigenvalue weighted by Crippen LogP contribution is 2.10. The molecule has 0 amide bonds. The summed E-state index contributed by atoms with van der Waals surface area (Å²) in [5, 5.41) is 3.03. The molecule has 0 fully saturated rings. The minimum absolute atomic E-state index is 0.0759. The number of alkyl halides is 1. The van der Waals surface area contributed by atoms with Crippen molar-refractivity contribution in [2.75, 3.05) is 13.7 Å². The Bertz CT molecular complexity index is 294. The number of hydrogen-bond acceptors (Lipinski definition) is 3. The molecule has 1 atom stereocenters. The normalized spacial score (nSPS) is 12.5. The van der Waals surface area contributed by atoms with E-state index in [2.05, 4.69) is 10.3 Å². The van der Waals surface area contributed by atoms with Gasteiger partial charge in [0.2, 0.25) is 5.88 Å². The van der Waals surface area contributed by atoms with Gasteiger partial charge in [0.05, 0.1) is 0 Å². The summed E-state index contributed by atoms with van der Waals surface area (Å²) in [6, 6.07) is 3.72. The smallest absolute Gasteiger partial charge is 0.213 e. The maximum atomic E-state index is 12.9. The summed E-state index contributed by atoms with van der Waals surface area (Å²) in [6.45, 7) is 2.62. The molecule has 1 heterocycles. The molecule has 0 aliphatic carbocycles. The van der Waals surface area contributed by atoms with E-state index < -0.39 is 6.17 Å². The van der Waals surface area contributed by atoms with Crippen molar-refractivity contribution in [3.8, 4) is 5.88 Å². The van der Waals surface area contributed by atoms with E-state index in [0.29, 0.717) is 12.3 Å². The zero-order chi connectivity index (χ0) is 11.1. The molecule has 0 radical (unpaired) electrons. The van der Waals surface area contributed by atoms with Crippen LogP contribution in [0.4, 0.5) is 4.39 Å². The van der Waals surface area contributed by atoms with Crippen LogP contribution in [0.2, 0.25) is 0 Å². The van der Waals surface area contributed by atoms with Crippen LogP contribution in [0.15, 0.2) is 18.3 Å². The highest BCUT2D eigenvalue weighted by atomic mass is 19.1. The monoisotopic (exact) mass is 212 g/mol. The SMILES string of the molecule is CCC(F)COc1cc(CNC)ccn1. The highest BCUT2D eigenvalue weighted by Gasteiger charge is 2.04. The van der Waals surface area contributed by atoms with Gasteiger partial charge in [0.15, 0.2) is 0 Å². The third-order valence-electron chi connectivity index (χ3n) is 2.04. The average molecular weight is 212 g/mol. The average Bonchev–Trinajstić information content (AvgIpc) is 2.27. The minimum atomic E-state index is -0.917. The molecule has 0 saturated carbocycles. The first-order chi connectivity index (χ1) is 7.26. The molecule has 1 N–H and O–H groups in total. The van der Waals surface area contributed by atoms with Gasteiger partial charge in [0.1, 0.15) is 12.8 Å². The topological polar surface area (TPSA) is 34.1 Å². The Balaban J connectivity index is 2.50. The van der Waals surface area contributed by atoms with Crippen molar-refractivity contribution in [3.05, 3.63) is 23.9 Å². The van der Waals surface area contributed by atoms with Gasteiger partial charge < -0.3 is 10.1 Å². The number of pyridine rings is 1. The number of hydrogen-bond donors (Lipinski definition) is 1. The molecular weight excluding hydrogens is 195 g/mol. The van der Waals surface area contributed by atoms with Crippen LogP contribution in [0.3, 0.4) is 0 Å². The van der Waals surface area contributed by atoms with Gasteiger partial charge in [0, 0.05) is 18.8 Å². The van der Waals surface area contributed by atoms with Gasteiger partial charge in [-0.1, -0.05) is 6.92 Å². The van der Waals surface area contributed by atoms with Gasteiger partial charge in [-0.15, -0.1) is 0 Å². The fraction of sp³-hybridized carbons (Fsp3) is 0.545. The molecule has 0 spiro atoms. The second-order valence-corrected chi connectivity index (χ2v) is 3.35. The molecule has 0 aromatic carbocycles. The summed E-state index contributed by atoms with van der Waals surface area (Å²) in [5.41, 5.74) is 1.08. The number of nitrogens with zero attached hydrogens (tertiary/aromatic N) is 1. The van der Waals surface area contributed by atoms with Crippen molar-refractivity contribution >= 4 is 0 Å². The van der Waals surface area contributed by atoms with E-state index in [1.54, 1.807) is 13.1 Å². The fourth-order valence-corrected chi connectivity index (χ4v) is 1.14. The lowest BCUT2D eigenvalue weighted by Gasteiger charge is -2.08. The second kappa shape index (κ2) is 6.35. The lowest BCUT2D eigenvalue weighted by molar-refractivity contribution is 0.186. The van der Waals surface area contributed by atoms with E-state index in [0.717, 1.165) is 12.1 Å². The molecule has 1 aromatic rings. The molecule has 0 saturated heterocycles. The molecule has 0 bridgehead atoms. The van der Waals surface area contributed by atoms with Crippen molar-refractivity contribution in [1.82, 2.24) is 10.3 Å². The van der Waals surface area contributed by atoms with Crippen molar-refractivity contribution in [3.63, 3.8) is 0 Å². The molecule has 1 rings (SSSR count). The molecule has 15 heavy (non-hydrogen) atoms. The van der Waals surface area contributed by atoms with Crippen LogP contribution in [-0.2, 0) is 6.54 Å². The summed E-state index contributed by atoms with van der Waals surface area (Å²) >= 11 is 0. The molecule has 1 aromatic heterocycles. The molecule has 84 valence electrons. The minimum Gasteiger partial charge on any atom is -0.475 e. The molecule has 4 heteroatoms. The van der Waals surface area contributed by atoms with Crippen molar-refractivity contribution in [2.45, 2.75) is 26.1 Å². The first-order valence-electron chi connectivity index (χ1n) is 5.12. The van der Waals surface area contributed by atoms with Crippen LogP contribution in [-0.4, -0.2) is 24.8 Å². The summed E-state index contributed by atoms with van der Waals surface area (Å²) in [6.07, 6.45) is 1.22. The van der Waals surface area contributed by atoms with E-state index in [-0.39, 0.29) is 6.61 Å². The lowest BCUT2D eigenvalue weighted by Crippen LogP contribution is -2.12. The number of halogens is 1. The third-order valence-corrected chi connectivity index (χ3v) is 2.04. The first kappa shape index (κ1) is 11.9. The van der Waals surface area contributed by atoms with Crippen molar-refractivity contribution < 1.29 is 9.13 Å². The molecule has 0 aliphatic rings. The molecule has 3 nitrogen and oxygen atoms in total. The number of rotatable bonds is 6. The number of aromatic nitrogens is 1. The van der Waals surface area contributed by atoms with E-state index in [1.165, 1.54) is 0 Å². The zero-order valence-electron chi connectivity index (χ0n) is 9.16. The van der Waals surface area contributed by atoms with Gasteiger partial charge in [-0.3, -0.25) is 0 Å². The quantitative estimate of drug-likeness (QED) is 0.782. The van der Waals surface area contributed by atoms with Crippen molar-refractivity contribution in [2.24, 2.45) is 0 Å². The maximum Gasteiger partial charge on any atom is 0.213 e. The van der Waals surface area contributed by atoms with Gasteiger partial charge in [-0.2, -0.15) is 0 Å². The molecule has 0 aliphatic heterocycles. The van der Waals surface area contributed by atoms with Gasteiger partial charge >= 0.3 is 0 Å². The lowest BCUT2D eigenvalue weighted by atomic mass is 10.2. The van der Waals surface area contributed by atoms with Crippen LogP contribution in [0.5, 0.6) is 5.88 Å². The van der Waals surface area contributed by atoms with E-state index in [1.807, 2.05) is 19.2 Å². The summed E-state index contributed by atoms with van der Waals surface area (Å²) < 4.78 is 18.1. The highest BCUT2D eigenvalue weighted by molar-refractivity contribution is 5.20. The zero-order valence-corrected chi connectivity index (χ0v) is 9.16. The van der Waals surface area contributed by atoms with Crippen LogP contribution in [0, 0.1) is 0 Å². The van der Waals surface area contributed by atoms with Crippen LogP contribution in [0.25, 0.3) is 0 Å². The number of ether oxygens (including phenoxy) is 1. The summed E-state index contributed by atoms with van der Waals surface area (Å²) in [5.74, 6) is 0.485. The Kier molecular flexibility index (Phi) is 5.04. The van der Waals surface area contributed by atoms with Crippen LogP contribution >= 0.6 is 0 Å². The standard InChI is InChI=1S/C11H17FN2O/c1-3-10(12)8-15-11-6-9(7-13-2)4-5-14-11/h4-6,10,13H,3,7-8H2,1-2H3. The van der Waals surface area contributed by atoms with Gasteiger partial charge in [-0.05, 0) is 25.1 Å². The van der Waals surface area contributed by atoms with E-state index in [9.17, 15) is 4.39 Å². The maximum absolute atomic E-state index is 12.9. The predicted octanol–water partition coefficient (Wildman–Crippen LogP) is 1.93. The predicted molar refractivity (Wildman–Crippen MR) is 57.7 cm³/mol. The van der Waals surface area contributed by atoms with Gasteiger partial charge in [0.25, 0.3) is 0 Å². The second-order valence-electron chi connectivity index (χ2n) is 3.35. The Morgan fingerprint density at radius 2 is 2.40 bits per heavy atom. The Morgan fingerprint density at radius 3 is 3.07 bits per heavy atom. The fourth-order valence-electron chi connectivity index (χ4n) is 1.14. The van der Waals surface area contributed by atoms with Crippen LogP contribution < -0.4 is 10.1 Å². The largest absolute Gasteiger partial charge is 0.475 e. The van der Waals surface area contributed by atoms with Crippen LogP contribution in [0.1, 0.15) is 18.9 Å². The van der Waals surface area contributed by atoms with E-state index in [4.69, 9.17) is 4.74 Å². The van der Waals surface area contributed by atoms with Gasteiger partial charge in [-0.25, -0.2) is 9.37 Å². The number of nitrogens with one attached hydrogen (secondary N) is 1. The Labute approximate surface area is 89.7 Å². The Morgan fingerprint density at radius 1 is 1.60 bits per heavy atom. The Hall–Kier alpha value is -1.16. The third kappa shape index (κ3) is 4.25. The summed E-state index contributed by atoms with van der Waals surface area (Å²) in [4.78, 5) is 4.01. The van der Waals surface area contributed by atoms with E-state index >= 15 is 0 Å². The molecule has 1 unspecified atom stereocenters. The van der Waals surface area contributed by atoms with Crippen molar-refractivity contribution in [1.29, 1.82) is 0 Å². The summed E-state index contributed by atoms with van der Waals surface area (Å²) in [7, 11) is 1.87. The molecular formula is C11H17FN2O.